The van der Waals surface area contributed by atoms with Crippen molar-refractivity contribution in [1.29, 1.82) is 0 Å². The zero-order valence-electron chi connectivity index (χ0n) is 17.0. The normalized spacial score (nSPS) is 11.6. The van der Waals surface area contributed by atoms with Crippen LogP contribution in [0, 0.1) is 0 Å². The van der Waals surface area contributed by atoms with E-state index in [0.29, 0.717) is 6.54 Å². The summed E-state index contributed by atoms with van der Waals surface area (Å²) in [4.78, 5) is 17.1. The second-order valence-corrected chi connectivity index (χ2v) is 8.84. The van der Waals surface area contributed by atoms with Crippen molar-refractivity contribution >= 4 is 50.3 Å². The number of rotatable bonds is 7. The van der Waals surface area contributed by atoms with E-state index in [2.05, 4.69) is 49.2 Å². The molecule has 1 amide bonds. The number of hydrazone groups is 1. The summed E-state index contributed by atoms with van der Waals surface area (Å²) >= 11 is 4.83. The van der Waals surface area contributed by atoms with Crippen LogP contribution in [0.25, 0.3) is 11.0 Å². The van der Waals surface area contributed by atoms with Gasteiger partial charge in [0.2, 0.25) is 0 Å². The zero-order valence-corrected chi connectivity index (χ0v) is 19.4. The SMILES string of the molecule is C/C(=N/NC(=O)CSc1nc2ccccc2n1Cc1ccccc1)c1ccc(Br)cc1. The first-order valence-corrected chi connectivity index (χ1v) is 11.6. The summed E-state index contributed by atoms with van der Waals surface area (Å²) < 4.78 is 3.15. The molecule has 1 heterocycles. The molecule has 0 bridgehead atoms. The third-order valence-corrected chi connectivity index (χ3v) is 6.25. The van der Waals surface area contributed by atoms with Crippen LogP contribution in [0.5, 0.6) is 0 Å². The Bertz CT molecular complexity index is 1220. The second kappa shape index (κ2) is 9.94. The molecule has 4 aromatic rings. The van der Waals surface area contributed by atoms with E-state index < -0.39 is 0 Å². The number of nitrogens with one attached hydrogen (secondary N) is 1. The topological polar surface area (TPSA) is 59.3 Å². The number of benzene rings is 3. The van der Waals surface area contributed by atoms with Crippen molar-refractivity contribution in [2.75, 3.05) is 5.75 Å². The molecule has 1 N–H and O–H groups in total. The van der Waals surface area contributed by atoms with Gasteiger partial charge in [0.15, 0.2) is 5.16 Å². The van der Waals surface area contributed by atoms with Gasteiger partial charge < -0.3 is 4.57 Å². The molecule has 0 aliphatic heterocycles. The van der Waals surface area contributed by atoms with E-state index in [1.165, 1.54) is 17.3 Å². The summed E-state index contributed by atoms with van der Waals surface area (Å²) in [7, 11) is 0. The van der Waals surface area contributed by atoms with Crippen LogP contribution >= 0.6 is 27.7 Å². The van der Waals surface area contributed by atoms with E-state index in [-0.39, 0.29) is 11.7 Å². The van der Waals surface area contributed by atoms with Crippen LogP contribution < -0.4 is 5.43 Å². The number of fused-ring (bicyclic) bond motifs is 1. The number of thioether (sulfide) groups is 1. The number of hydrogen-bond acceptors (Lipinski definition) is 4. The molecule has 0 aliphatic carbocycles. The van der Waals surface area contributed by atoms with Gasteiger partial charge in [-0.1, -0.05) is 82.3 Å². The van der Waals surface area contributed by atoms with Gasteiger partial charge in [-0.25, -0.2) is 10.4 Å². The minimum atomic E-state index is -0.167. The van der Waals surface area contributed by atoms with Crippen LogP contribution in [0.4, 0.5) is 0 Å². The fourth-order valence-corrected chi connectivity index (χ4v) is 4.22. The number of amides is 1. The van der Waals surface area contributed by atoms with E-state index in [1.54, 1.807) is 0 Å². The largest absolute Gasteiger partial charge is 0.314 e. The van der Waals surface area contributed by atoms with Crippen molar-refractivity contribution in [2.45, 2.75) is 18.6 Å². The highest BCUT2D eigenvalue weighted by molar-refractivity contribution is 9.10. The molecular formula is C24H21BrN4OS. The third-order valence-electron chi connectivity index (χ3n) is 4.75. The molecule has 0 saturated carbocycles. The molecule has 0 atom stereocenters. The van der Waals surface area contributed by atoms with Crippen molar-refractivity contribution in [3.05, 3.63) is 94.5 Å². The highest BCUT2D eigenvalue weighted by atomic mass is 79.9. The van der Waals surface area contributed by atoms with Gasteiger partial charge in [-0.3, -0.25) is 4.79 Å². The van der Waals surface area contributed by atoms with Crippen molar-refractivity contribution in [1.82, 2.24) is 15.0 Å². The number of carbonyl (C=O) groups excluding carboxylic acids is 1. The first-order valence-electron chi connectivity index (χ1n) is 9.81. The lowest BCUT2D eigenvalue weighted by Gasteiger charge is -2.09. The van der Waals surface area contributed by atoms with Crippen LogP contribution in [-0.2, 0) is 11.3 Å². The lowest BCUT2D eigenvalue weighted by atomic mass is 10.1. The molecule has 0 unspecified atom stereocenters. The van der Waals surface area contributed by atoms with Crippen molar-refractivity contribution in [3.8, 4) is 0 Å². The van der Waals surface area contributed by atoms with Gasteiger partial charge in [0.05, 0.1) is 29.0 Å². The number of aromatic nitrogens is 2. The Morgan fingerprint density at radius 2 is 1.74 bits per heavy atom. The Balaban J connectivity index is 1.46. The molecule has 0 fully saturated rings. The van der Waals surface area contributed by atoms with E-state index >= 15 is 0 Å². The fraction of sp³-hybridized carbons (Fsp3) is 0.125. The Labute approximate surface area is 193 Å². The predicted molar refractivity (Wildman–Crippen MR) is 130 cm³/mol. The standard InChI is InChI=1S/C24H21BrN4OS/c1-17(19-11-13-20(25)14-12-19)27-28-23(30)16-31-24-26-21-9-5-6-10-22(21)29(24)15-18-7-3-2-4-8-18/h2-14H,15-16H2,1H3,(H,28,30)/b27-17-. The lowest BCUT2D eigenvalue weighted by molar-refractivity contribution is -0.118. The van der Waals surface area contributed by atoms with Crippen molar-refractivity contribution in [2.24, 2.45) is 5.10 Å². The molecule has 7 heteroatoms. The Kier molecular flexibility index (Phi) is 6.84. The van der Waals surface area contributed by atoms with Crippen molar-refractivity contribution in [3.63, 3.8) is 0 Å². The summed E-state index contributed by atoms with van der Waals surface area (Å²) in [6.45, 7) is 2.57. The maximum absolute atomic E-state index is 12.4. The Morgan fingerprint density at radius 3 is 2.52 bits per heavy atom. The van der Waals surface area contributed by atoms with Gasteiger partial charge in [-0.05, 0) is 42.3 Å². The average molecular weight is 493 g/mol. The molecule has 5 nitrogen and oxygen atoms in total. The zero-order chi connectivity index (χ0) is 21.6. The monoisotopic (exact) mass is 492 g/mol. The Morgan fingerprint density at radius 1 is 1.03 bits per heavy atom. The third kappa shape index (κ3) is 5.42. The van der Waals surface area contributed by atoms with Crippen LogP contribution in [0.15, 0.2) is 93.6 Å². The van der Waals surface area contributed by atoms with Crippen LogP contribution in [-0.4, -0.2) is 26.9 Å². The summed E-state index contributed by atoms with van der Waals surface area (Å²) in [5.41, 5.74) is 7.52. The maximum atomic E-state index is 12.4. The number of imidazole rings is 1. The van der Waals surface area contributed by atoms with Gasteiger partial charge in [0, 0.05) is 4.47 Å². The average Bonchev–Trinajstić information content (AvgIpc) is 3.14. The summed E-state index contributed by atoms with van der Waals surface area (Å²) in [6, 6.07) is 26.1. The van der Waals surface area contributed by atoms with Gasteiger partial charge in [0.1, 0.15) is 0 Å². The summed E-state index contributed by atoms with van der Waals surface area (Å²) in [6.07, 6.45) is 0. The highest BCUT2D eigenvalue weighted by Crippen LogP contribution is 2.25. The second-order valence-electron chi connectivity index (χ2n) is 6.98. The number of halogens is 1. The van der Waals surface area contributed by atoms with Gasteiger partial charge in [-0.2, -0.15) is 5.10 Å². The fourth-order valence-electron chi connectivity index (χ4n) is 3.15. The molecular weight excluding hydrogens is 472 g/mol. The van der Waals surface area contributed by atoms with Gasteiger partial charge in [0.25, 0.3) is 5.91 Å². The number of carbonyl (C=O) groups is 1. The minimum Gasteiger partial charge on any atom is -0.314 e. The quantitative estimate of drug-likeness (QED) is 0.211. The Hall–Kier alpha value is -2.90. The van der Waals surface area contributed by atoms with E-state index in [9.17, 15) is 4.79 Å². The molecule has 0 aliphatic rings. The minimum absolute atomic E-state index is 0.167. The smallest absolute Gasteiger partial charge is 0.250 e. The van der Waals surface area contributed by atoms with E-state index in [0.717, 1.165) is 31.9 Å². The molecule has 31 heavy (non-hydrogen) atoms. The van der Waals surface area contributed by atoms with E-state index in [4.69, 9.17) is 4.98 Å². The number of hydrogen-bond donors (Lipinski definition) is 1. The first-order chi connectivity index (χ1) is 15.1. The number of para-hydroxylation sites is 2. The van der Waals surface area contributed by atoms with E-state index in [1.807, 2.05) is 67.6 Å². The predicted octanol–water partition coefficient (Wildman–Crippen LogP) is 5.48. The van der Waals surface area contributed by atoms with Crippen molar-refractivity contribution < 1.29 is 4.79 Å². The number of nitrogens with zero attached hydrogens (tertiary/aromatic N) is 3. The molecule has 3 aromatic carbocycles. The van der Waals surface area contributed by atoms with Crippen LogP contribution in [0.3, 0.4) is 0 Å². The first kappa shape index (κ1) is 21.3. The molecule has 0 spiro atoms. The molecule has 156 valence electrons. The highest BCUT2D eigenvalue weighted by Gasteiger charge is 2.13. The molecule has 1 aromatic heterocycles. The maximum Gasteiger partial charge on any atom is 0.250 e. The lowest BCUT2D eigenvalue weighted by Crippen LogP contribution is -2.21. The molecule has 0 radical (unpaired) electrons. The van der Waals surface area contributed by atoms with Gasteiger partial charge >= 0.3 is 0 Å². The summed E-state index contributed by atoms with van der Waals surface area (Å²) in [5, 5.41) is 5.04. The summed E-state index contributed by atoms with van der Waals surface area (Å²) in [5.74, 6) is 0.0645. The van der Waals surface area contributed by atoms with Gasteiger partial charge in [-0.15, -0.1) is 0 Å². The van der Waals surface area contributed by atoms with Crippen LogP contribution in [0.2, 0.25) is 0 Å². The molecule has 0 saturated heterocycles. The van der Waals surface area contributed by atoms with Crippen LogP contribution in [0.1, 0.15) is 18.1 Å². The molecule has 4 rings (SSSR count).